The van der Waals surface area contributed by atoms with Crippen LogP contribution in [0.1, 0.15) is 20.3 Å². The quantitative estimate of drug-likeness (QED) is 0.928. The van der Waals surface area contributed by atoms with Crippen LogP contribution in [0.15, 0.2) is 22.7 Å². The van der Waals surface area contributed by atoms with Crippen LogP contribution in [0.5, 0.6) is 0 Å². The average Bonchev–Trinajstić information content (AvgIpc) is 2.27. The highest BCUT2D eigenvalue weighted by atomic mass is 79.9. The van der Waals surface area contributed by atoms with Crippen LogP contribution < -0.4 is 15.5 Å². The van der Waals surface area contributed by atoms with Gasteiger partial charge in [0.25, 0.3) is 0 Å². The Hall–Kier alpha value is -1.07. The molecule has 1 aliphatic heterocycles. The van der Waals surface area contributed by atoms with Gasteiger partial charge in [-0.3, -0.25) is 4.79 Å². The molecule has 4 nitrogen and oxygen atoms in total. The minimum Gasteiger partial charge on any atom is -0.364 e. The van der Waals surface area contributed by atoms with E-state index in [0.29, 0.717) is 13.1 Å². The second kappa shape index (κ2) is 5.13. The fourth-order valence-corrected chi connectivity index (χ4v) is 2.97. The van der Waals surface area contributed by atoms with Crippen molar-refractivity contribution in [3.63, 3.8) is 0 Å². The highest BCUT2D eigenvalue weighted by molar-refractivity contribution is 9.10. The summed E-state index contributed by atoms with van der Waals surface area (Å²) in [5.74, 6) is 0.117. The van der Waals surface area contributed by atoms with Crippen LogP contribution in [0, 0.1) is 0 Å². The molecule has 104 valence electrons. The summed E-state index contributed by atoms with van der Waals surface area (Å²) in [6.07, 6.45) is 0.772. The molecule has 2 N–H and O–H groups in total. The van der Waals surface area contributed by atoms with Crippen molar-refractivity contribution in [1.29, 1.82) is 0 Å². The molecule has 0 aliphatic carbocycles. The summed E-state index contributed by atoms with van der Waals surface area (Å²) in [6.45, 7) is 5.10. The van der Waals surface area contributed by atoms with Gasteiger partial charge in [0.05, 0.1) is 17.9 Å². The zero-order valence-corrected chi connectivity index (χ0v) is 13.2. The molecule has 19 heavy (non-hydrogen) atoms. The molecule has 5 heteroatoms. The summed E-state index contributed by atoms with van der Waals surface area (Å²) in [4.78, 5) is 16.3. The number of fused-ring (bicyclic) bond motifs is 1. The molecule has 0 spiro atoms. The Bertz CT molecular complexity index is 501. The van der Waals surface area contributed by atoms with E-state index in [2.05, 4.69) is 29.8 Å². The van der Waals surface area contributed by atoms with Gasteiger partial charge in [-0.2, -0.15) is 0 Å². The third-order valence-corrected chi connectivity index (χ3v) is 4.07. The van der Waals surface area contributed by atoms with E-state index in [4.69, 9.17) is 5.73 Å². The molecule has 0 unspecified atom stereocenters. The number of anilines is 2. The van der Waals surface area contributed by atoms with Gasteiger partial charge in [0.15, 0.2) is 0 Å². The van der Waals surface area contributed by atoms with Gasteiger partial charge in [-0.25, -0.2) is 0 Å². The molecule has 1 aliphatic rings. The molecule has 1 aromatic carbocycles. The lowest BCUT2D eigenvalue weighted by Crippen LogP contribution is -2.55. The lowest BCUT2D eigenvalue weighted by Gasteiger charge is -2.44. The first kappa shape index (κ1) is 14.3. The second-order valence-corrected chi connectivity index (χ2v) is 6.49. The molecular weight excluding hydrogens is 306 g/mol. The first-order chi connectivity index (χ1) is 8.86. The van der Waals surface area contributed by atoms with Crippen molar-refractivity contribution >= 4 is 33.2 Å². The van der Waals surface area contributed by atoms with Crippen molar-refractivity contribution in [2.75, 3.05) is 29.9 Å². The van der Waals surface area contributed by atoms with Gasteiger partial charge in [0.2, 0.25) is 5.91 Å². The van der Waals surface area contributed by atoms with Gasteiger partial charge in [-0.15, -0.1) is 0 Å². The van der Waals surface area contributed by atoms with E-state index in [1.54, 1.807) is 0 Å². The number of carbonyl (C=O) groups is 1. The molecule has 0 saturated carbocycles. The summed E-state index contributed by atoms with van der Waals surface area (Å²) < 4.78 is 0.975. The maximum absolute atomic E-state index is 12.4. The van der Waals surface area contributed by atoms with Gasteiger partial charge < -0.3 is 15.5 Å². The molecule has 0 aromatic heterocycles. The molecule has 1 heterocycles. The van der Waals surface area contributed by atoms with Crippen molar-refractivity contribution < 1.29 is 4.79 Å². The third-order valence-electron chi connectivity index (χ3n) is 3.57. The third kappa shape index (κ3) is 2.62. The molecule has 1 aromatic rings. The standard InChI is InChI=1S/C14H20BrN3O/c1-14(2,6-7-16)18-12-8-10(15)4-5-11(12)17(3)9-13(18)19/h4-5,8H,6-7,9,16H2,1-3H3. The maximum atomic E-state index is 12.4. The van der Waals surface area contributed by atoms with Gasteiger partial charge in [0, 0.05) is 17.1 Å². The Morgan fingerprint density at radius 2 is 2.05 bits per heavy atom. The first-order valence-electron chi connectivity index (χ1n) is 6.40. The SMILES string of the molecule is CN1CC(=O)N(C(C)(C)CCN)c2cc(Br)ccc21. The second-order valence-electron chi connectivity index (χ2n) is 5.57. The average molecular weight is 326 g/mol. The molecule has 1 amide bonds. The van der Waals surface area contributed by atoms with Crippen molar-refractivity contribution in [2.45, 2.75) is 25.8 Å². The van der Waals surface area contributed by atoms with Gasteiger partial charge >= 0.3 is 0 Å². The van der Waals surface area contributed by atoms with E-state index in [1.165, 1.54) is 0 Å². The Labute approximate surface area is 122 Å². The summed E-state index contributed by atoms with van der Waals surface area (Å²) in [6, 6.07) is 6.04. The monoisotopic (exact) mass is 325 g/mol. The maximum Gasteiger partial charge on any atom is 0.247 e. The lowest BCUT2D eigenvalue weighted by atomic mass is 9.95. The topological polar surface area (TPSA) is 49.6 Å². The Morgan fingerprint density at radius 3 is 2.68 bits per heavy atom. The summed E-state index contributed by atoms with van der Waals surface area (Å²) >= 11 is 3.48. The number of hydrogen-bond donors (Lipinski definition) is 1. The Balaban J connectivity index is 2.53. The number of carbonyl (C=O) groups excluding carboxylic acids is 1. The van der Waals surface area contributed by atoms with Crippen molar-refractivity contribution in [1.82, 2.24) is 0 Å². The van der Waals surface area contributed by atoms with E-state index in [-0.39, 0.29) is 11.4 Å². The zero-order chi connectivity index (χ0) is 14.2. The lowest BCUT2D eigenvalue weighted by molar-refractivity contribution is -0.118. The van der Waals surface area contributed by atoms with Crippen LogP contribution in [0.4, 0.5) is 11.4 Å². The Kier molecular flexibility index (Phi) is 3.87. The number of amides is 1. The summed E-state index contributed by atoms with van der Waals surface area (Å²) in [7, 11) is 1.94. The smallest absolute Gasteiger partial charge is 0.247 e. The number of rotatable bonds is 3. The van der Waals surface area contributed by atoms with Gasteiger partial charge in [-0.1, -0.05) is 15.9 Å². The highest BCUT2D eigenvalue weighted by Gasteiger charge is 2.37. The largest absolute Gasteiger partial charge is 0.364 e. The number of benzene rings is 1. The highest BCUT2D eigenvalue weighted by Crippen LogP contribution is 2.39. The molecule has 0 atom stereocenters. The number of nitrogens with two attached hydrogens (primary N) is 1. The number of hydrogen-bond acceptors (Lipinski definition) is 3. The van der Waals surface area contributed by atoms with E-state index in [9.17, 15) is 4.79 Å². The summed E-state index contributed by atoms with van der Waals surface area (Å²) in [5, 5.41) is 0. The fourth-order valence-electron chi connectivity index (χ4n) is 2.62. The zero-order valence-electron chi connectivity index (χ0n) is 11.6. The first-order valence-corrected chi connectivity index (χ1v) is 7.20. The number of halogens is 1. The van der Waals surface area contributed by atoms with Crippen LogP contribution in [0.2, 0.25) is 0 Å². The van der Waals surface area contributed by atoms with E-state index < -0.39 is 0 Å². The molecule has 0 fully saturated rings. The number of nitrogens with zero attached hydrogens (tertiary/aromatic N) is 2. The molecule has 0 bridgehead atoms. The minimum absolute atomic E-state index is 0.117. The number of likely N-dealkylation sites (N-methyl/N-ethyl adjacent to an activating group) is 1. The van der Waals surface area contributed by atoms with E-state index in [1.807, 2.05) is 35.0 Å². The molecular formula is C14H20BrN3O. The van der Waals surface area contributed by atoms with E-state index in [0.717, 1.165) is 22.3 Å². The van der Waals surface area contributed by atoms with Crippen molar-refractivity contribution in [2.24, 2.45) is 5.73 Å². The van der Waals surface area contributed by atoms with Crippen LogP contribution in [-0.4, -0.2) is 31.6 Å². The van der Waals surface area contributed by atoms with Gasteiger partial charge in [-0.05, 0) is 45.0 Å². The minimum atomic E-state index is -0.275. The molecule has 2 rings (SSSR count). The van der Waals surface area contributed by atoms with Crippen molar-refractivity contribution in [3.05, 3.63) is 22.7 Å². The van der Waals surface area contributed by atoms with E-state index >= 15 is 0 Å². The van der Waals surface area contributed by atoms with Crippen LogP contribution >= 0.6 is 15.9 Å². The van der Waals surface area contributed by atoms with Crippen LogP contribution in [0.25, 0.3) is 0 Å². The molecule has 0 radical (unpaired) electrons. The predicted octanol–water partition coefficient (Wildman–Crippen LogP) is 2.36. The Morgan fingerprint density at radius 1 is 1.37 bits per heavy atom. The van der Waals surface area contributed by atoms with Gasteiger partial charge in [0.1, 0.15) is 0 Å². The fraction of sp³-hybridized carbons (Fsp3) is 0.500. The van der Waals surface area contributed by atoms with Crippen LogP contribution in [-0.2, 0) is 4.79 Å². The van der Waals surface area contributed by atoms with Crippen LogP contribution in [0.3, 0.4) is 0 Å². The normalized spacial score (nSPS) is 15.7. The predicted molar refractivity (Wildman–Crippen MR) is 82.6 cm³/mol. The van der Waals surface area contributed by atoms with Crippen molar-refractivity contribution in [3.8, 4) is 0 Å². The molecule has 0 saturated heterocycles. The summed E-state index contributed by atoms with van der Waals surface area (Å²) in [5.41, 5.74) is 7.44.